The van der Waals surface area contributed by atoms with E-state index in [0.717, 1.165) is 27.4 Å². The smallest absolute Gasteiger partial charge is 0.347 e. The normalized spacial score (nSPS) is 11.4. The molecule has 0 fully saturated rings. The van der Waals surface area contributed by atoms with Crippen LogP contribution in [0.2, 0.25) is 5.02 Å². The number of aromatic nitrogens is 2. The average molecular weight is 456 g/mol. The summed E-state index contributed by atoms with van der Waals surface area (Å²) in [5.74, 6) is -0.698. The van der Waals surface area contributed by atoms with Crippen molar-refractivity contribution in [1.29, 1.82) is 0 Å². The second-order valence-corrected chi connectivity index (χ2v) is 7.39. The van der Waals surface area contributed by atoms with Gasteiger partial charge in [0.15, 0.2) is 5.69 Å². The van der Waals surface area contributed by atoms with Gasteiger partial charge in [-0.1, -0.05) is 78.3 Å². The van der Waals surface area contributed by atoms with Crippen LogP contribution in [0, 0.1) is 0 Å². The van der Waals surface area contributed by atoms with Crippen LogP contribution in [0.5, 0.6) is 0 Å². The summed E-state index contributed by atoms with van der Waals surface area (Å²) in [6.07, 6.45) is -4.71. The molecule has 0 saturated heterocycles. The number of nitrogens with one attached hydrogen (secondary N) is 1. The molecule has 3 aromatic carbocycles. The van der Waals surface area contributed by atoms with Gasteiger partial charge in [-0.25, -0.2) is 4.68 Å². The van der Waals surface area contributed by atoms with Crippen molar-refractivity contribution >= 4 is 17.5 Å². The molecule has 32 heavy (non-hydrogen) atoms. The van der Waals surface area contributed by atoms with Crippen molar-refractivity contribution in [2.75, 3.05) is 0 Å². The van der Waals surface area contributed by atoms with E-state index < -0.39 is 17.8 Å². The molecule has 0 atom stereocenters. The van der Waals surface area contributed by atoms with Crippen LogP contribution in [-0.4, -0.2) is 15.7 Å². The lowest BCUT2D eigenvalue weighted by atomic mass is 10.00. The zero-order chi connectivity index (χ0) is 22.7. The van der Waals surface area contributed by atoms with Gasteiger partial charge in [0.2, 0.25) is 0 Å². The van der Waals surface area contributed by atoms with Gasteiger partial charge in [0, 0.05) is 12.6 Å². The Hall–Kier alpha value is -3.58. The highest BCUT2D eigenvalue weighted by atomic mass is 35.5. The zero-order valence-electron chi connectivity index (χ0n) is 16.6. The Bertz CT molecular complexity index is 1250. The Kier molecular flexibility index (Phi) is 6.01. The van der Waals surface area contributed by atoms with Crippen molar-refractivity contribution in [2.45, 2.75) is 12.7 Å². The molecule has 0 aliphatic heterocycles. The van der Waals surface area contributed by atoms with E-state index in [4.69, 9.17) is 11.6 Å². The first-order valence-corrected chi connectivity index (χ1v) is 10.1. The second kappa shape index (κ2) is 8.88. The molecule has 4 rings (SSSR count). The van der Waals surface area contributed by atoms with Gasteiger partial charge in [-0.15, -0.1) is 0 Å². The van der Waals surface area contributed by atoms with E-state index in [2.05, 4.69) is 10.4 Å². The van der Waals surface area contributed by atoms with Gasteiger partial charge in [-0.2, -0.15) is 18.3 Å². The fourth-order valence-corrected chi connectivity index (χ4v) is 3.54. The number of rotatable bonds is 5. The minimum atomic E-state index is -4.71. The van der Waals surface area contributed by atoms with E-state index in [1.54, 1.807) is 12.1 Å². The highest BCUT2D eigenvalue weighted by Crippen LogP contribution is 2.31. The standard InChI is InChI=1S/C24H17ClF3N3O/c25-19-12-6-7-13-20(19)31-21(14-22(30-31)24(26,27)28)23(32)29-15-17-10-4-5-11-18(17)16-8-2-1-3-9-16/h1-14H,15H2,(H,29,32). The molecule has 0 bridgehead atoms. The van der Waals surface area contributed by atoms with Crippen LogP contribution < -0.4 is 5.32 Å². The van der Waals surface area contributed by atoms with E-state index in [9.17, 15) is 18.0 Å². The van der Waals surface area contributed by atoms with Crippen molar-refractivity contribution in [2.24, 2.45) is 0 Å². The number of para-hydroxylation sites is 1. The fourth-order valence-electron chi connectivity index (χ4n) is 3.33. The van der Waals surface area contributed by atoms with Crippen LogP contribution in [0.25, 0.3) is 16.8 Å². The molecule has 1 N–H and O–H groups in total. The minimum Gasteiger partial charge on any atom is -0.347 e. The third-order valence-corrected chi connectivity index (χ3v) is 5.17. The van der Waals surface area contributed by atoms with Crippen LogP contribution in [0.3, 0.4) is 0 Å². The van der Waals surface area contributed by atoms with Crippen molar-refractivity contribution in [3.8, 4) is 16.8 Å². The molecule has 8 heteroatoms. The predicted molar refractivity (Wildman–Crippen MR) is 117 cm³/mol. The fraction of sp³-hybridized carbons (Fsp3) is 0.0833. The lowest BCUT2D eigenvalue weighted by Gasteiger charge is -2.12. The largest absolute Gasteiger partial charge is 0.435 e. The van der Waals surface area contributed by atoms with Gasteiger partial charge >= 0.3 is 6.18 Å². The van der Waals surface area contributed by atoms with Crippen molar-refractivity contribution < 1.29 is 18.0 Å². The first-order chi connectivity index (χ1) is 15.3. The number of benzene rings is 3. The van der Waals surface area contributed by atoms with Crippen molar-refractivity contribution in [3.63, 3.8) is 0 Å². The average Bonchev–Trinajstić information content (AvgIpc) is 3.25. The summed E-state index contributed by atoms with van der Waals surface area (Å²) >= 11 is 6.15. The molecule has 4 aromatic rings. The van der Waals surface area contributed by atoms with Crippen LogP contribution in [0.15, 0.2) is 84.9 Å². The van der Waals surface area contributed by atoms with Crippen LogP contribution in [-0.2, 0) is 12.7 Å². The first-order valence-electron chi connectivity index (χ1n) is 9.68. The van der Waals surface area contributed by atoms with E-state index in [1.165, 1.54) is 12.1 Å². The third-order valence-electron chi connectivity index (χ3n) is 4.85. The summed E-state index contributed by atoms with van der Waals surface area (Å²) in [5, 5.41) is 6.48. The summed E-state index contributed by atoms with van der Waals surface area (Å²) in [5.41, 5.74) is 1.46. The Morgan fingerprint density at radius 3 is 2.31 bits per heavy atom. The number of alkyl halides is 3. The van der Waals surface area contributed by atoms with E-state index in [0.29, 0.717) is 0 Å². The van der Waals surface area contributed by atoms with Gasteiger partial charge in [-0.05, 0) is 28.8 Å². The van der Waals surface area contributed by atoms with Gasteiger partial charge in [-0.3, -0.25) is 4.79 Å². The molecule has 1 amide bonds. The monoisotopic (exact) mass is 455 g/mol. The number of halogens is 4. The lowest BCUT2D eigenvalue weighted by Crippen LogP contribution is -2.25. The number of carbonyl (C=O) groups is 1. The molecule has 0 spiro atoms. The first kappa shape index (κ1) is 21.6. The summed E-state index contributed by atoms with van der Waals surface area (Å²) in [7, 11) is 0. The van der Waals surface area contributed by atoms with Crippen LogP contribution in [0.1, 0.15) is 21.7 Å². The maximum Gasteiger partial charge on any atom is 0.435 e. The highest BCUT2D eigenvalue weighted by molar-refractivity contribution is 6.32. The van der Waals surface area contributed by atoms with E-state index >= 15 is 0 Å². The molecule has 1 aromatic heterocycles. The number of amides is 1. The third kappa shape index (κ3) is 4.53. The number of nitrogens with zero attached hydrogens (tertiary/aromatic N) is 2. The van der Waals surface area contributed by atoms with E-state index in [1.807, 2.05) is 54.6 Å². The zero-order valence-corrected chi connectivity index (χ0v) is 17.4. The Morgan fingerprint density at radius 2 is 1.59 bits per heavy atom. The molecule has 4 nitrogen and oxygen atoms in total. The summed E-state index contributed by atoms with van der Waals surface area (Å²) in [6, 6.07) is 24.1. The Labute approximate surface area is 187 Å². The topological polar surface area (TPSA) is 46.9 Å². The molecule has 0 aliphatic rings. The molecule has 0 aliphatic carbocycles. The van der Waals surface area contributed by atoms with Crippen LogP contribution in [0.4, 0.5) is 13.2 Å². The SMILES string of the molecule is O=C(NCc1ccccc1-c1ccccc1)c1cc(C(F)(F)F)nn1-c1ccccc1Cl. The molecule has 0 radical (unpaired) electrons. The molecule has 0 unspecified atom stereocenters. The minimum absolute atomic E-state index is 0.124. The predicted octanol–water partition coefficient (Wildman–Crippen LogP) is 6.14. The number of hydrogen-bond donors (Lipinski definition) is 1. The van der Waals surface area contributed by atoms with Gasteiger partial charge in [0.1, 0.15) is 5.69 Å². The molecular weight excluding hydrogens is 439 g/mol. The molecular formula is C24H17ClF3N3O. The molecule has 162 valence electrons. The Balaban J connectivity index is 1.65. The van der Waals surface area contributed by atoms with Gasteiger partial charge in [0.25, 0.3) is 5.91 Å². The van der Waals surface area contributed by atoms with Crippen molar-refractivity contribution in [3.05, 3.63) is 107 Å². The van der Waals surface area contributed by atoms with Crippen LogP contribution >= 0.6 is 11.6 Å². The van der Waals surface area contributed by atoms with Gasteiger partial charge < -0.3 is 5.32 Å². The summed E-state index contributed by atoms with van der Waals surface area (Å²) < 4.78 is 40.9. The van der Waals surface area contributed by atoms with E-state index in [-0.39, 0.29) is 22.9 Å². The molecule has 0 saturated carbocycles. The second-order valence-electron chi connectivity index (χ2n) is 6.98. The quantitative estimate of drug-likeness (QED) is 0.393. The number of carbonyl (C=O) groups excluding carboxylic acids is 1. The maximum absolute atomic E-state index is 13.3. The van der Waals surface area contributed by atoms with Crippen molar-refractivity contribution in [1.82, 2.24) is 15.1 Å². The Morgan fingerprint density at radius 1 is 0.938 bits per heavy atom. The highest BCUT2D eigenvalue weighted by Gasteiger charge is 2.36. The van der Waals surface area contributed by atoms with Gasteiger partial charge in [0.05, 0.1) is 10.7 Å². The summed E-state index contributed by atoms with van der Waals surface area (Å²) in [6.45, 7) is 0.124. The lowest BCUT2D eigenvalue weighted by molar-refractivity contribution is -0.141. The summed E-state index contributed by atoms with van der Waals surface area (Å²) in [4.78, 5) is 12.9. The number of hydrogen-bond acceptors (Lipinski definition) is 2. The molecule has 1 heterocycles. The maximum atomic E-state index is 13.3.